The number of rotatable bonds is 3. The van der Waals surface area contributed by atoms with Gasteiger partial charge >= 0.3 is 6.03 Å². The lowest BCUT2D eigenvalue weighted by Crippen LogP contribution is -2.55. The number of anilines is 1. The maximum absolute atomic E-state index is 12.4. The van der Waals surface area contributed by atoms with Crippen molar-refractivity contribution in [1.82, 2.24) is 4.90 Å². The highest BCUT2D eigenvalue weighted by atomic mass is 16.6. The number of hydrogen-bond donors (Lipinski definition) is 1. The third kappa shape index (κ3) is 3.40. The molecule has 2 amide bonds. The predicted octanol–water partition coefficient (Wildman–Crippen LogP) is 1.86. The van der Waals surface area contributed by atoms with Gasteiger partial charge in [-0.05, 0) is 17.7 Å². The molecule has 2 aliphatic heterocycles. The minimum Gasteiger partial charge on any atom is -0.380 e. The van der Waals surface area contributed by atoms with E-state index < -0.39 is 0 Å². The summed E-state index contributed by atoms with van der Waals surface area (Å²) in [6, 6.07) is 7.59. The van der Waals surface area contributed by atoms with Crippen LogP contribution in [0.25, 0.3) is 0 Å². The van der Waals surface area contributed by atoms with Crippen LogP contribution in [0.5, 0.6) is 0 Å². The second-order valence-electron chi connectivity index (χ2n) is 5.82. The Morgan fingerprint density at radius 3 is 2.86 bits per heavy atom. The topological polar surface area (TPSA) is 60.0 Å². The molecule has 2 fully saturated rings. The van der Waals surface area contributed by atoms with E-state index in [2.05, 4.69) is 5.32 Å². The van der Waals surface area contributed by atoms with Crippen molar-refractivity contribution in [3.63, 3.8) is 0 Å². The van der Waals surface area contributed by atoms with Crippen molar-refractivity contribution in [1.29, 1.82) is 0 Å². The fourth-order valence-corrected chi connectivity index (χ4v) is 2.90. The standard InChI is InChI=1S/C16H22N2O4/c1-20-10-13-2-4-14(5-3-13)17-15(19)18-7-9-22-16(11-18)6-8-21-12-16/h2-5H,6-12H2,1H3,(H,17,19)/t16-/m1/s1. The van der Waals surface area contributed by atoms with E-state index in [1.54, 1.807) is 12.0 Å². The van der Waals surface area contributed by atoms with Crippen LogP contribution in [0.3, 0.4) is 0 Å². The SMILES string of the molecule is COCc1ccc(NC(=O)N2CCO[C@]3(CCOC3)C2)cc1. The van der Waals surface area contributed by atoms with Gasteiger partial charge in [-0.2, -0.15) is 0 Å². The maximum Gasteiger partial charge on any atom is 0.322 e. The van der Waals surface area contributed by atoms with Crippen LogP contribution in [0.15, 0.2) is 24.3 Å². The van der Waals surface area contributed by atoms with E-state index in [4.69, 9.17) is 14.2 Å². The molecule has 1 aromatic rings. The normalized spacial score (nSPS) is 24.7. The molecule has 0 aliphatic carbocycles. The summed E-state index contributed by atoms with van der Waals surface area (Å²) >= 11 is 0. The van der Waals surface area contributed by atoms with Crippen LogP contribution in [0.1, 0.15) is 12.0 Å². The first-order chi connectivity index (χ1) is 10.7. The van der Waals surface area contributed by atoms with Crippen molar-refractivity contribution < 1.29 is 19.0 Å². The largest absolute Gasteiger partial charge is 0.380 e. The van der Waals surface area contributed by atoms with Gasteiger partial charge in [0.15, 0.2) is 0 Å². The van der Waals surface area contributed by atoms with Crippen molar-refractivity contribution in [3.05, 3.63) is 29.8 Å². The zero-order valence-electron chi connectivity index (χ0n) is 12.8. The quantitative estimate of drug-likeness (QED) is 0.926. The molecule has 0 saturated carbocycles. The number of amides is 2. The minimum atomic E-state index is -0.308. The molecule has 2 aliphatic rings. The van der Waals surface area contributed by atoms with Crippen molar-refractivity contribution in [2.45, 2.75) is 18.6 Å². The van der Waals surface area contributed by atoms with Gasteiger partial charge < -0.3 is 24.4 Å². The molecule has 2 heterocycles. The van der Waals surface area contributed by atoms with Gasteiger partial charge in [-0.1, -0.05) is 12.1 Å². The number of methoxy groups -OCH3 is 1. The zero-order valence-corrected chi connectivity index (χ0v) is 12.8. The number of hydrogen-bond acceptors (Lipinski definition) is 4. The second kappa shape index (κ2) is 6.64. The molecule has 1 spiro atoms. The smallest absolute Gasteiger partial charge is 0.322 e. The Hall–Kier alpha value is -1.63. The monoisotopic (exact) mass is 306 g/mol. The number of nitrogens with zero attached hydrogens (tertiary/aromatic N) is 1. The lowest BCUT2D eigenvalue weighted by molar-refractivity contribution is -0.0964. The highest BCUT2D eigenvalue weighted by Gasteiger charge is 2.41. The van der Waals surface area contributed by atoms with Gasteiger partial charge in [-0.25, -0.2) is 4.79 Å². The summed E-state index contributed by atoms with van der Waals surface area (Å²) in [4.78, 5) is 14.2. The van der Waals surface area contributed by atoms with E-state index in [1.165, 1.54) is 0 Å². The highest BCUT2D eigenvalue weighted by molar-refractivity contribution is 5.89. The third-order valence-electron chi connectivity index (χ3n) is 4.12. The van der Waals surface area contributed by atoms with Crippen LogP contribution in [0.4, 0.5) is 10.5 Å². The molecule has 1 atom stereocenters. The van der Waals surface area contributed by atoms with Crippen LogP contribution in [-0.4, -0.2) is 56.6 Å². The summed E-state index contributed by atoms with van der Waals surface area (Å²) < 4.78 is 16.3. The van der Waals surface area contributed by atoms with Gasteiger partial charge in [0.1, 0.15) is 5.60 Å². The van der Waals surface area contributed by atoms with E-state index in [0.717, 1.165) is 17.7 Å². The Bertz CT molecular complexity index is 511. The third-order valence-corrected chi connectivity index (χ3v) is 4.12. The summed E-state index contributed by atoms with van der Waals surface area (Å²) in [5.74, 6) is 0. The van der Waals surface area contributed by atoms with Crippen LogP contribution in [-0.2, 0) is 20.8 Å². The van der Waals surface area contributed by atoms with Crippen molar-refractivity contribution in [2.24, 2.45) is 0 Å². The van der Waals surface area contributed by atoms with Crippen molar-refractivity contribution in [3.8, 4) is 0 Å². The average molecular weight is 306 g/mol. The van der Waals surface area contributed by atoms with E-state index in [0.29, 0.717) is 39.5 Å². The predicted molar refractivity (Wildman–Crippen MR) is 81.9 cm³/mol. The molecule has 2 saturated heterocycles. The first-order valence-corrected chi connectivity index (χ1v) is 7.56. The molecule has 0 unspecified atom stereocenters. The van der Waals surface area contributed by atoms with Crippen molar-refractivity contribution >= 4 is 11.7 Å². The second-order valence-corrected chi connectivity index (χ2v) is 5.82. The molecule has 22 heavy (non-hydrogen) atoms. The summed E-state index contributed by atoms with van der Waals surface area (Å²) in [7, 11) is 1.66. The molecule has 1 N–H and O–H groups in total. The maximum atomic E-state index is 12.4. The van der Waals surface area contributed by atoms with Gasteiger partial charge in [-0.15, -0.1) is 0 Å². The molecular weight excluding hydrogens is 284 g/mol. The summed E-state index contributed by atoms with van der Waals surface area (Å²) in [6.07, 6.45) is 0.850. The van der Waals surface area contributed by atoms with Crippen molar-refractivity contribution in [2.75, 3.05) is 45.3 Å². The number of urea groups is 1. The first kappa shape index (κ1) is 15.3. The Kier molecular flexibility index (Phi) is 4.61. The fraction of sp³-hybridized carbons (Fsp3) is 0.562. The first-order valence-electron chi connectivity index (χ1n) is 7.56. The number of ether oxygens (including phenoxy) is 3. The molecule has 0 bridgehead atoms. The van der Waals surface area contributed by atoms with E-state index in [-0.39, 0.29) is 11.6 Å². The van der Waals surface area contributed by atoms with Gasteiger partial charge in [0.2, 0.25) is 0 Å². The van der Waals surface area contributed by atoms with Crippen LogP contribution >= 0.6 is 0 Å². The molecule has 6 nitrogen and oxygen atoms in total. The Morgan fingerprint density at radius 2 is 2.18 bits per heavy atom. The molecule has 3 rings (SSSR count). The van der Waals surface area contributed by atoms with Crippen LogP contribution in [0.2, 0.25) is 0 Å². The van der Waals surface area contributed by atoms with Gasteiger partial charge in [0.25, 0.3) is 0 Å². The average Bonchev–Trinajstić information content (AvgIpc) is 2.97. The van der Waals surface area contributed by atoms with Gasteiger partial charge in [0, 0.05) is 32.4 Å². The summed E-state index contributed by atoms with van der Waals surface area (Å²) in [5.41, 5.74) is 1.56. The zero-order chi connectivity index (χ0) is 15.4. The number of carbonyl (C=O) groups is 1. The number of carbonyl (C=O) groups excluding carboxylic acids is 1. The lowest BCUT2D eigenvalue weighted by atomic mass is 10.0. The number of nitrogens with one attached hydrogen (secondary N) is 1. The Morgan fingerprint density at radius 1 is 1.36 bits per heavy atom. The van der Waals surface area contributed by atoms with Crippen LogP contribution in [0, 0.1) is 0 Å². The molecule has 6 heteroatoms. The molecule has 0 radical (unpaired) electrons. The number of morpholine rings is 1. The van der Waals surface area contributed by atoms with E-state index in [9.17, 15) is 4.79 Å². The summed E-state index contributed by atoms with van der Waals surface area (Å²) in [5, 5.41) is 2.94. The molecule has 120 valence electrons. The lowest BCUT2D eigenvalue weighted by Gasteiger charge is -2.39. The molecule has 0 aromatic heterocycles. The molecule has 1 aromatic carbocycles. The van der Waals surface area contributed by atoms with E-state index >= 15 is 0 Å². The number of benzene rings is 1. The Labute approximate surface area is 130 Å². The fourth-order valence-electron chi connectivity index (χ4n) is 2.90. The Balaban J connectivity index is 1.59. The molecular formula is C16H22N2O4. The highest BCUT2D eigenvalue weighted by Crippen LogP contribution is 2.27. The summed E-state index contributed by atoms with van der Waals surface area (Å²) in [6.45, 7) is 3.60. The van der Waals surface area contributed by atoms with Gasteiger partial charge in [-0.3, -0.25) is 0 Å². The van der Waals surface area contributed by atoms with Gasteiger partial charge in [0.05, 0.1) is 26.4 Å². The minimum absolute atomic E-state index is 0.0888. The van der Waals surface area contributed by atoms with E-state index in [1.807, 2.05) is 24.3 Å². The van der Waals surface area contributed by atoms with Crippen LogP contribution < -0.4 is 5.32 Å².